The van der Waals surface area contributed by atoms with Crippen molar-refractivity contribution in [2.45, 2.75) is 38.6 Å². The molecule has 2 aliphatic rings. The smallest absolute Gasteiger partial charge is 0.232 e. The number of aryl methyl sites for hydroxylation is 2. The Labute approximate surface area is 147 Å². The molecule has 2 fully saturated rings. The predicted molar refractivity (Wildman–Crippen MR) is 91.8 cm³/mol. The van der Waals surface area contributed by atoms with E-state index in [1.165, 1.54) is 11.1 Å². The second kappa shape index (κ2) is 7.04. The van der Waals surface area contributed by atoms with Crippen molar-refractivity contribution in [1.82, 2.24) is 0 Å². The van der Waals surface area contributed by atoms with Crippen LogP contribution in [0.1, 0.15) is 11.1 Å². The molecule has 4 rings (SSSR count). The van der Waals surface area contributed by atoms with Gasteiger partial charge in [-0.15, -0.1) is 0 Å². The topological polar surface area (TPSA) is 52.8 Å². The van der Waals surface area contributed by atoms with Crippen LogP contribution in [0, 0.1) is 13.8 Å². The van der Waals surface area contributed by atoms with Gasteiger partial charge in [0.05, 0.1) is 13.2 Å². The van der Waals surface area contributed by atoms with Crippen molar-refractivity contribution in [1.29, 1.82) is 0 Å². The van der Waals surface area contributed by atoms with E-state index in [0.29, 0.717) is 13.2 Å². The summed E-state index contributed by atoms with van der Waals surface area (Å²) < 4.78 is 28.8. The third-order valence-electron chi connectivity index (χ3n) is 4.14. The Bertz CT molecular complexity index is 628. The molecule has 2 saturated heterocycles. The molecule has 5 heteroatoms. The second-order valence-electron chi connectivity index (χ2n) is 6.48. The maximum Gasteiger partial charge on any atom is 0.232 e. The zero-order valence-electron chi connectivity index (χ0n) is 14.4. The highest BCUT2D eigenvalue weighted by molar-refractivity contribution is 5.27. The summed E-state index contributed by atoms with van der Waals surface area (Å²) in [4.78, 5) is 0. The average molecular weight is 342 g/mol. The molecule has 0 N–H and O–H groups in total. The highest BCUT2D eigenvalue weighted by Gasteiger charge is 2.43. The third kappa shape index (κ3) is 4.51. The van der Waals surface area contributed by atoms with Crippen LogP contribution in [0.3, 0.4) is 0 Å². The molecule has 2 aliphatic heterocycles. The van der Waals surface area contributed by atoms with Gasteiger partial charge in [-0.25, -0.2) is 0 Å². The molecule has 5 nitrogen and oxygen atoms in total. The second-order valence-corrected chi connectivity index (χ2v) is 6.48. The molecule has 0 spiro atoms. The molecule has 25 heavy (non-hydrogen) atoms. The molecule has 4 unspecified atom stereocenters. The lowest BCUT2D eigenvalue weighted by Gasteiger charge is -2.24. The Kier molecular flexibility index (Phi) is 4.61. The van der Waals surface area contributed by atoms with Crippen LogP contribution < -0.4 is 9.47 Å². The molecule has 0 bridgehead atoms. The van der Waals surface area contributed by atoms with Crippen molar-refractivity contribution in [3.8, 4) is 11.5 Å². The van der Waals surface area contributed by atoms with Gasteiger partial charge in [0.1, 0.15) is 23.7 Å². The van der Waals surface area contributed by atoms with Crippen molar-refractivity contribution in [2.75, 3.05) is 13.2 Å². The van der Waals surface area contributed by atoms with Gasteiger partial charge in [0, 0.05) is 0 Å². The van der Waals surface area contributed by atoms with Crippen LogP contribution in [-0.4, -0.2) is 38.0 Å². The van der Waals surface area contributed by atoms with Gasteiger partial charge in [0.25, 0.3) is 0 Å². The summed E-state index contributed by atoms with van der Waals surface area (Å²) in [5.74, 6) is 1.49. The minimum atomic E-state index is -0.526. The molecular weight excluding hydrogens is 320 g/mol. The van der Waals surface area contributed by atoms with Gasteiger partial charge < -0.3 is 18.9 Å². The number of epoxide rings is 2. The van der Waals surface area contributed by atoms with Gasteiger partial charge in [-0.2, -0.15) is 0 Å². The lowest BCUT2D eigenvalue weighted by molar-refractivity contribution is -0.198. The Morgan fingerprint density at radius 2 is 1.08 bits per heavy atom. The normalized spacial score (nSPS) is 23.6. The molecule has 2 aromatic carbocycles. The number of rotatable bonds is 8. The summed E-state index contributed by atoms with van der Waals surface area (Å²) in [6, 6.07) is 15.7. The number of hydrogen-bond donors (Lipinski definition) is 0. The Morgan fingerprint density at radius 1 is 0.720 bits per heavy atom. The van der Waals surface area contributed by atoms with E-state index in [1.54, 1.807) is 0 Å². The van der Waals surface area contributed by atoms with Gasteiger partial charge >= 0.3 is 0 Å². The van der Waals surface area contributed by atoms with E-state index >= 15 is 0 Å². The van der Waals surface area contributed by atoms with E-state index in [1.807, 2.05) is 62.4 Å². The van der Waals surface area contributed by atoms with Crippen LogP contribution in [0.4, 0.5) is 0 Å². The molecule has 2 heterocycles. The van der Waals surface area contributed by atoms with Crippen molar-refractivity contribution < 1.29 is 23.7 Å². The van der Waals surface area contributed by atoms with E-state index in [9.17, 15) is 0 Å². The monoisotopic (exact) mass is 342 g/mol. The van der Waals surface area contributed by atoms with Crippen LogP contribution in [0.25, 0.3) is 0 Å². The summed E-state index contributed by atoms with van der Waals surface area (Å²) in [6.07, 6.45) is -1.21. The van der Waals surface area contributed by atoms with Gasteiger partial charge in [-0.1, -0.05) is 35.4 Å². The Hall–Kier alpha value is -2.08. The van der Waals surface area contributed by atoms with E-state index in [4.69, 9.17) is 23.7 Å². The van der Waals surface area contributed by atoms with Gasteiger partial charge in [0.15, 0.2) is 0 Å². The summed E-state index contributed by atoms with van der Waals surface area (Å²) in [7, 11) is 0. The van der Waals surface area contributed by atoms with Gasteiger partial charge in [-0.3, -0.25) is 4.74 Å². The fourth-order valence-corrected chi connectivity index (χ4v) is 2.44. The fourth-order valence-electron chi connectivity index (χ4n) is 2.44. The first-order chi connectivity index (χ1) is 12.2. The van der Waals surface area contributed by atoms with Crippen LogP contribution in [0.15, 0.2) is 48.5 Å². The lowest BCUT2D eigenvalue weighted by Crippen LogP contribution is -2.37. The molecule has 0 aliphatic carbocycles. The highest BCUT2D eigenvalue weighted by Crippen LogP contribution is 2.28. The standard InChI is InChI=1S/C20H22O5/c1-13-3-7-15(8-4-13)23-19(17-11-21-17)25-20(18-12-22-18)24-16-9-5-14(2)6-10-16/h3-10,17-20H,11-12H2,1-2H3. The molecule has 0 radical (unpaired) electrons. The first-order valence-corrected chi connectivity index (χ1v) is 8.53. The van der Waals surface area contributed by atoms with Gasteiger partial charge in [-0.05, 0) is 38.1 Å². The number of ether oxygens (including phenoxy) is 5. The SMILES string of the molecule is Cc1ccc(OC(OC(Oc2ccc(C)cc2)C2CO2)C2CO2)cc1. The molecule has 0 aromatic heterocycles. The lowest BCUT2D eigenvalue weighted by atomic mass is 10.2. The Morgan fingerprint density at radius 3 is 1.40 bits per heavy atom. The number of benzene rings is 2. The quantitative estimate of drug-likeness (QED) is 0.545. The van der Waals surface area contributed by atoms with Crippen LogP contribution in [0.2, 0.25) is 0 Å². The first kappa shape index (κ1) is 16.4. The molecule has 0 saturated carbocycles. The minimum Gasteiger partial charge on any atom is -0.462 e. The Balaban J connectivity index is 1.43. The van der Waals surface area contributed by atoms with Crippen molar-refractivity contribution in [2.24, 2.45) is 0 Å². The van der Waals surface area contributed by atoms with Crippen LogP contribution in [0.5, 0.6) is 11.5 Å². The zero-order valence-corrected chi connectivity index (χ0v) is 14.4. The predicted octanol–water partition coefficient (Wildman–Crippen LogP) is 3.23. The maximum atomic E-state index is 6.07. The highest BCUT2D eigenvalue weighted by atomic mass is 16.8. The largest absolute Gasteiger partial charge is 0.462 e. The minimum absolute atomic E-state index is 0.0795. The third-order valence-corrected chi connectivity index (χ3v) is 4.14. The van der Waals surface area contributed by atoms with E-state index < -0.39 is 12.6 Å². The summed E-state index contributed by atoms with van der Waals surface area (Å²) in [5.41, 5.74) is 2.36. The van der Waals surface area contributed by atoms with E-state index in [2.05, 4.69) is 0 Å². The maximum absolute atomic E-state index is 6.07. The van der Waals surface area contributed by atoms with E-state index in [-0.39, 0.29) is 12.2 Å². The fraction of sp³-hybridized carbons (Fsp3) is 0.400. The van der Waals surface area contributed by atoms with Crippen molar-refractivity contribution in [3.05, 3.63) is 59.7 Å². The van der Waals surface area contributed by atoms with Gasteiger partial charge in [0.2, 0.25) is 12.6 Å². The number of hydrogen-bond acceptors (Lipinski definition) is 5. The summed E-state index contributed by atoms with van der Waals surface area (Å²) in [6.45, 7) is 5.33. The molecular formula is C20H22O5. The molecule has 132 valence electrons. The average Bonchev–Trinajstić information content (AvgIpc) is 3.49. The molecule has 4 atom stereocenters. The van der Waals surface area contributed by atoms with Crippen molar-refractivity contribution >= 4 is 0 Å². The molecule has 2 aromatic rings. The molecule has 0 amide bonds. The summed E-state index contributed by atoms with van der Waals surface area (Å²) in [5, 5.41) is 0. The van der Waals surface area contributed by atoms with Crippen LogP contribution in [-0.2, 0) is 14.2 Å². The van der Waals surface area contributed by atoms with Crippen LogP contribution >= 0.6 is 0 Å². The zero-order chi connectivity index (χ0) is 17.2. The summed E-state index contributed by atoms with van der Waals surface area (Å²) >= 11 is 0. The van der Waals surface area contributed by atoms with Crippen molar-refractivity contribution in [3.63, 3.8) is 0 Å². The van der Waals surface area contributed by atoms with E-state index in [0.717, 1.165) is 11.5 Å². The first-order valence-electron chi connectivity index (χ1n) is 8.53.